The van der Waals surface area contributed by atoms with Crippen LogP contribution in [0.4, 0.5) is 10.5 Å². The highest BCUT2D eigenvalue weighted by atomic mass is 127. The topological polar surface area (TPSA) is 80.0 Å². The van der Waals surface area contributed by atoms with Gasteiger partial charge in [-0.1, -0.05) is 6.07 Å². The van der Waals surface area contributed by atoms with E-state index in [1.807, 2.05) is 52.8 Å². The Morgan fingerprint density at radius 1 is 1.28 bits per heavy atom. The number of carbonyl (C=O) groups is 1. The molecule has 1 aromatic rings. The molecule has 142 valence electrons. The maximum atomic E-state index is 12.0. The summed E-state index contributed by atoms with van der Waals surface area (Å²) < 4.78 is 5.36. The number of hydrogen-bond acceptors (Lipinski definition) is 3. The first-order valence-corrected chi connectivity index (χ1v) is 8.24. The number of amides is 1. The molecule has 0 radical (unpaired) electrons. The lowest BCUT2D eigenvalue weighted by Crippen LogP contribution is -2.38. The van der Waals surface area contributed by atoms with Gasteiger partial charge in [-0.05, 0) is 64.8 Å². The van der Waals surface area contributed by atoms with Crippen molar-refractivity contribution in [1.82, 2.24) is 4.90 Å². The van der Waals surface area contributed by atoms with Gasteiger partial charge in [0.15, 0.2) is 5.96 Å². The van der Waals surface area contributed by atoms with E-state index in [0.717, 1.165) is 5.69 Å². The van der Waals surface area contributed by atoms with Crippen LogP contribution >= 0.6 is 24.0 Å². The maximum absolute atomic E-state index is 12.0. The third kappa shape index (κ3) is 8.94. The van der Waals surface area contributed by atoms with E-state index >= 15 is 0 Å². The minimum Gasteiger partial charge on any atom is -0.444 e. The van der Waals surface area contributed by atoms with Crippen molar-refractivity contribution in [2.45, 2.75) is 47.1 Å². The van der Waals surface area contributed by atoms with Gasteiger partial charge < -0.3 is 20.7 Å². The molecular formula is C18H31IN4O2. The zero-order valence-corrected chi connectivity index (χ0v) is 18.4. The van der Waals surface area contributed by atoms with Crippen LogP contribution in [0.15, 0.2) is 23.2 Å². The molecule has 0 atom stereocenters. The quantitative estimate of drug-likeness (QED) is 0.395. The third-order valence-electron chi connectivity index (χ3n) is 3.46. The summed E-state index contributed by atoms with van der Waals surface area (Å²) in [6, 6.07) is 6.02. The van der Waals surface area contributed by atoms with E-state index in [1.165, 1.54) is 11.1 Å². The van der Waals surface area contributed by atoms with Crippen LogP contribution in [0, 0.1) is 13.8 Å². The molecule has 0 saturated carbocycles. The number of ether oxygens (including phenoxy) is 1. The fourth-order valence-electron chi connectivity index (χ4n) is 2.00. The van der Waals surface area contributed by atoms with Crippen LogP contribution in [0.2, 0.25) is 0 Å². The molecule has 0 heterocycles. The van der Waals surface area contributed by atoms with Crippen LogP contribution in [0.1, 0.15) is 38.8 Å². The third-order valence-corrected chi connectivity index (χ3v) is 3.46. The van der Waals surface area contributed by atoms with E-state index in [-0.39, 0.29) is 30.1 Å². The van der Waals surface area contributed by atoms with E-state index in [4.69, 9.17) is 10.5 Å². The first kappa shape index (κ1) is 23.5. The summed E-state index contributed by atoms with van der Waals surface area (Å²) in [6.45, 7) is 13.0. The smallest absolute Gasteiger partial charge is 0.410 e. The van der Waals surface area contributed by atoms with Crippen LogP contribution in [0.25, 0.3) is 0 Å². The molecular weight excluding hydrogens is 431 g/mol. The Kier molecular flexibility index (Phi) is 9.84. The van der Waals surface area contributed by atoms with E-state index in [1.54, 1.807) is 4.90 Å². The summed E-state index contributed by atoms with van der Waals surface area (Å²) >= 11 is 0. The number of aliphatic imine (C=N–C) groups is 1. The average molecular weight is 462 g/mol. The molecule has 0 saturated heterocycles. The predicted molar refractivity (Wildman–Crippen MR) is 115 cm³/mol. The number of aryl methyl sites for hydroxylation is 2. The molecule has 0 aliphatic heterocycles. The van der Waals surface area contributed by atoms with Crippen LogP contribution in [0.3, 0.4) is 0 Å². The van der Waals surface area contributed by atoms with Gasteiger partial charge in [0.25, 0.3) is 0 Å². The molecule has 1 rings (SSSR count). The zero-order valence-electron chi connectivity index (χ0n) is 16.0. The largest absolute Gasteiger partial charge is 0.444 e. The second-order valence-corrected chi connectivity index (χ2v) is 6.75. The molecule has 0 aromatic heterocycles. The highest BCUT2D eigenvalue weighted by Crippen LogP contribution is 2.13. The summed E-state index contributed by atoms with van der Waals surface area (Å²) in [5.41, 5.74) is 8.72. The number of benzene rings is 1. The van der Waals surface area contributed by atoms with E-state index in [0.29, 0.717) is 25.6 Å². The first-order valence-electron chi connectivity index (χ1n) is 8.24. The molecule has 0 fully saturated rings. The summed E-state index contributed by atoms with van der Waals surface area (Å²) in [4.78, 5) is 17.9. The van der Waals surface area contributed by atoms with Gasteiger partial charge in [-0.2, -0.15) is 0 Å². The zero-order chi connectivity index (χ0) is 18.3. The highest BCUT2D eigenvalue weighted by molar-refractivity contribution is 14.0. The maximum Gasteiger partial charge on any atom is 0.410 e. The first-order chi connectivity index (χ1) is 11.1. The fraction of sp³-hybridized carbons (Fsp3) is 0.556. The predicted octanol–water partition coefficient (Wildman–Crippen LogP) is 3.91. The van der Waals surface area contributed by atoms with E-state index in [2.05, 4.69) is 17.2 Å². The number of carbonyl (C=O) groups excluding carboxylic acids is 1. The number of nitrogens with one attached hydrogen (secondary N) is 1. The molecule has 3 N–H and O–H groups in total. The summed E-state index contributed by atoms with van der Waals surface area (Å²) in [7, 11) is 0. The molecule has 0 unspecified atom stereocenters. The van der Waals surface area contributed by atoms with Crippen molar-refractivity contribution < 1.29 is 9.53 Å². The van der Waals surface area contributed by atoms with Gasteiger partial charge in [-0.15, -0.1) is 24.0 Å². The Morgan fingerprint density at radius 2 is 1.92 bits per heavy atom. The van der Waals surface area contributed by atoms with E-state index in [9.17, 15) is 4.79 Å². The Hall–Kier alpha value is -1.51. The Labute approximate surface area is 168 Å². The minimum absolute atomic E-state index is 0. The van der Waals surface area contributed by atoms with Crippen molar-refractivity contribution in [3.05, 3.63) is 29.3 Å². The fourth-order valence-corrected chi connectivity index (χ4v) is 2.00. The van der Waals surface area contributed by atoms with Crippen LogP contribution in [-0.2, 0) is 4.74 Å². The number of anilines is 1. The highest BCUT2D eigenvalue weighted by Gasteiger charge is 2.20. The number of nitrogens with zero attached hydrogens (tertiary/aromatic N) is 2. The monoisotopic (exact) mass is 462 g/mol. The standard InChI is InChI=1S/C18H30N4O2.HI/c1-7-22(17(23)24-18(4,5)6)11-10-20-16(19)21-15-9-8-13(2)14(3)12-15;/h8-9,12H,7,10-11H2,1-6H3,(H3,19,20,21);1H. The van der Waals surface area contributed by atoms with Crippen LogP contribution in [0.5, 0.6) is 0 Å². The summed E-state index contributed by atoms with van der Waals surface area (Å²) in [6.07, 6.45) is -0.333. The Bertz CT molecular complexity index is 597. The molecule has 1 amide bonds. The summed E-state index contributed by atoms with van der Waals surface area (Å²) in [5, 5.41) is 3.06. The second-order valence-electron chi connectivity index (χ2n) is 6.75. The molecule has 25 heavy (non-hydrogen) atoms. The number of hydrogen-bond donors (Lipinski definition) is 2. The Morgan fingerprint density at radius 3 is 2.44 bits per heavy atom. The van der Waals surface area contributed by atoms with Crippen molar-refractivity contribution >= 4 is 41.7 Å². The van der Waals surface area contributed by atoms with Gasteiger partial charge in [-0.25, -0.2) is 4.79 Å². The van der Waals surface area contributed by atoms with Gasteiger partial charge in [-0.3, -0.25) is 4.99 Å². The molecule has 0 aliphatic carbocycles. The van der Waals surface area contributed by atoms with Crippen molar-refractivity contribution in [2.24, 2.45) is 10.7 Å². The van der Waals surface area contributed by atoms with Gasteiger partial charge in [0.1, 0.15) is 5.60 Å². The molecule has 1 aromatic carbocycles. The van der Waals surface area contributed by atoms with Crippen molar-refractivity contribution in [3.8, 4) is 0 Å². The van der Waals surface area contributed by atoms with Crippen molar-refractivity contribution in [1.29, 1.82) is 0 Å². The van der Waals surface area contributed by atoms with Gasteiger partial charge >= 0.3 is 6.09 Å². The number of halogens is 1. The summed E-state index contributed by atoms with van der Waals surface area (Å²) in [5.74, 6) is 0.332. The normalized spacial score (nSPS) is 11.5. The Balaban J connectivity index is 0.00000576. The van der Waals surface area contributed by atoms with E-state index < -0.39 is 5.60 Å². The number of nitrogens with two attached hydrogens (primary N) is 1. The van der Waals surface area contributed by atoms with Gasteiger partial charge in [0.05, 0.1) is 6.54 Å². The minimum atomic E-state index is -0.502. The van der Waals surface area contributed by atoms with Gasteiger partial charge in [0.2, 0.25) is 0 Å². The number of likely N-dealkylation sites (N-methyl/N-ethyl adjacent to an activating group) is 1. The number of rotatable bonds is 5. The van der Waals surface area contributed by atoms with Crippen molar-refractivity contribution in [3.63, 3.8) is 0 Å². The molecule has 0 spiro atoms. The lowest BCUT2D eigenvalue weighted by atomic mass is 10.1. The average Bonchev–Trinajstić information content (AvgIpc) is 2.45. The van der Waals surface area contributed by atoms with Gasteiger partial charge in [0, 0.05) is 18.8 Å². The molecule has 6 nitrogen and oxygen atoms in total. The molecule has 0 aliphatic rings. The number of guanidine groups is 1. The lowest BCUT2D eigenvalue weighted by molar-refractivity contribution is 0.0266. The molecule has 0 bridgehead atoms. The lowest BCUT2D eigenvalue weighted by Gasteiger charge is -2.26. The second kappa shape index (κ2) is 10.5. The van der Waals surface area contributed by atoms with Crippen molar-refractivity contribution in [2.75, 3.05) is 25.0 Å². The molecule has 7 heteroatoms. The SMILES string of the molecule is CCN(CCN=C(N)Nc1ccc(C)c(C)c1)C(=O)OC(C)(C)C.I. The van der Waals surface area contributed by atoms with Crippen LogP contribution < -0.4 is 11.1 Å². The van der Waals surface area contributed by atoms with Crippen LogP contribution in [-0.4, -0.2) is 42.2 Å².